The van der Waals surface area contributed by atoms with E-state index in [4.69, 9.17) is 4.74 Å². The van der Waals surface area contributed by atoms with Gasteiger partial charge in [0.05, 0.1) is 30.1 Å². The van der Waals surface area contributed by atoms with Gasteiger partial charge in [0.25, 0.3) is 5.91 Å². The molecule has 1 aliphatic heterocycles. The number of fused-ring (bicyclic) bond motifs is 1. The Labute approximate surface area is 168 Å². The minimum Gasteiger partial charge on any atom is -0.465 e. The van der Waals surface area contributed by atoms with E-state index in [1.165, 1.54) is 36.4 Å². The minimum atomic E-state index is -4.57. The third-order valence-electron chi connectivity index (χ3n) is 4.81. The summed E-state index contributed by atoms with van der Waals surface area (Å²) in [7, 11) is 1.28. The Kier molecular flexibility index (Phi) is 4.76. The summed E-state index contributed by atoms with van der Waals surface area (Å²) in [6, 6.07) is 9.76. The first-order chi connectivity index (χ1) is 14.3. The fourth-order valence-corrected chi connectivity index (χ4v) is 3.39. The Hall–Kier alpha value is -3.69. The fourth-order valence-electron chi connectivity index (χ4n) is 3.39. The van der Waals surface area contributed by atoms with Crippen LogP contribution in [0.2, 0.25) is 0 Å². The topological polar surface area (TPSA) is 77.3 Å². The van der Waals surface area contributed by atoms with Gasteiger partial charge in [0.15, 0.2) is 5.69 Å². The molecule has 2 aromatic carbocycles. The summed E-state index contributed by atoms with van der Waals surface area (Å²) in [6.07, 6.45) is -2.87. The molecule has 0 saturated carbocycles. The molecule has 0 unspecified atom stereocenters. The zero-order valence-electron chi connectivity index (χ0n) is 15.7. The molecule has 0 N–H and O–H groups in total. The Morgan fingerprint density at radius 2 is 1.87 bits per heavy atom. The summed E-state index contributed by atoms with van der Waals surface area (Å²) in [6.45, 7) is 0.352. The molecule has 3 aromatic rings. The highest BCUT2D eigenvalue weighted by Crippen LogP contribution is 2.34. The number of hydrogen-bond acceptors (Lipinski definition) is 5. The van der Waals surface area contributed by atoms with Crippen molar-refractivity contribution in [3.05, 3.63) is 71.0 Å². The van der Waals surface area contributed by atoms with E-state index in [1.807, 2.05) is 0 Å². The van der Waals surface area contributed by atoms with Crippen molar-refractivity contribution in [2.75, 3.05) is 18.6 Å². The lowest BCUT2D eigenvalue weighted by molar-refractivity contribution is -0.137. The molecule has 0 atom stereocenters. The summed E-state index contributed by atoms with van der Waals surface area (Å²) < 4.78 is 45.4. The second-order valence-corrected chi connectivity index (χ2v) is 6.61. The Morgan fingerprint density at radius 1 is 1.10 bits per heavy atom. The number of esters is 1. The van der Waals surface area contributed by atoms with Gasteiger partial charge in [-0.1, -0.05) is 17.3 Å². The number of anilines is 1. The molecule has 0 bridgehead atoms. The van der Waals surface area contributed by atoms with Crippen LogP contribution in [0.5, 0.6) is 0 Å². The van der Waals surface area contributed by atoms with E-state index in [1.54, 1.807) is 18.2 Å². The number of rotatable bonds is 3. The van der Waals surface area contributed by atoms with Crippen molar-refractivity contribution in [3.63, 3.8) is 0 Å². The first-order valence-corrected chi connectivity index (χ1v) is 8.91. The third-order valence-corrected chi connectivity index (χ3v) is 4.81. The molecule has 0 radical (unpaired) electrons. The normalized spacial score (nSPS) is 13.3. The maximum atomic E-state index is 13.3. The predicted octanol–water partition coefficient (Wildman–Crippen LogP) is 3.28. The van der Waals surface area contributed by atoms with Gasteiger partial charge in [-0.05, 0) is 42.3 Å². The molecule has 30 heavy (non-hydrogen) atoms. The van der Waals surface area contributed by atoms with Crippen molar-refractivity contribution >= 4 is 17.6 Å². The van der Waals surface area contributed by atoms with Crippen LogP contribution in [0.15, 0.2) is 48.7 Å². The largest absolute Gasteiger partial charge is 0.465 e. The summed E-state index contributed by atoms with van der Waals surface area (Å²) in [5.74, 6) is -0.968. The predicted molar refractivity (Wildman–Crippen MR) is 99.5 cm³/mol. The number of benzene rings is 2. The number of hydrogen-bond donors (Lipinski definition) is 0. The van der Waals surface area contributed by atoms with Crippen molar-refractivity contribution in [1.82, 2.24) is 15.0 Å². The van der Waals surface area contributed by atoms with Gasteiger partial charge in [-0.15, -0.1) is 5.10 Å². The molecular formula is C20H15F3N4O3. The van der Waals surface area contributed by atoms with Gasteiger partial charge in [0.2, 0.25) is 0 Å². The quantitative estimate of drug-likeness (QED) is 0.613. The number of carbonyl (C=O) groups is 2. The van der Waals surface area contributed by atoms with Crippen LogP contribution in [-0.4, -0.2) is 40.5 Å². The number of halogens is 3. The molecule has 1 aromatic heterocycles. The smallest absolute Gasteiger partial charge is 0.418 e. The highest BCUT2D eigenvalue weighted by Gasteiger charge is 2.34. The second-order valence-electron chi connectivity index (χ2n) is 6.61. The Bertz CT molecular complexity index is 1140. The number of nitrogens with zero attached hydrogens (tertiary/aromatic N) is 4. The minimum absolute atomic E-state index is 0.0862. The van der Waals surface area contributed by atoms with Crippen molar-refractivity contribution in [2.24, 2.45) is 0 Å². The molecule has 10 heteroatoms. The monoisotopic (exact) mass is 416 g/mol. The molecule has 1 amide bonds. The van der Waals surface area contributed by atoms with Crippen LogP contribution in [-0.2, 0) is 17.3 Å². The van der Waals surface area contributed by atoms with E-state index in [0.717, 1.165) is 16.3 Å². The van der Waals surface area contributed by atoms with Crippen molar-refractivity contribution < 1.29 is 27.5 Å². The van der Waals surface area contributed by atoms with Gasteiger partial charge in [0.1, 0.15) is 0 Å². The van der Waals surface area contributed by atoms with Crippen molar-refractivity contribution in [3.8, 4) is 5.69 Å². The lowest BCUT2D eigenvalue weighted by Gasteiger charge is -2.16. The maximum absolute atomic E-state index is 13.3. The molecule has 154 valence electrons. The van der Waals surface area contributed by atoms with E-state index in [2.05, 4.69) is 10.3 Å². The van der Waals surface area contributed by atoms with Crippen molar-refractivity contribution in [2.45, 2.75) is 12.6 Å². The third kappa shape index (κ3) is 3.40. The van der Waals surface area contributed by atoms with Crippen LogP contribution in [0.25, 0.3) is 5.69 Å². The van der Waals surface area contributed by atoms with Gasteiger partial charge in [-0.3, -0.25) is 4.79 Å². The van der Waals surface area contributed by atoms with Gasteiger partial charge in [-0.2, -0.15) is 13.2 Å². The van der Waals surface area contributed by atoms with Crippen LogP contribution in [0.4, 0.5) is 18.9 Å². The number of amides is 1. The van der Waals surface area contributed by atoms with Gasteiger partial charge >= 0.3 is 12.1 Å². The number of methoxy groups -OCH3 is 1. The lowest BCUT2D eigenvalue weighted by atomic mass is 10.1. The SMILES string of the molecule is COC(=O)c1ccc2c(c1)CCN2C(=O)c1cn(-c2ccccc2C(F)(F)F)nn1. The highest BCUT2D eigenvalue weighted by molar-refractivity contribution is 6.06. The summed E-state index contributed by atoms with van der Waals surface area (Å²) in [5.41, 5.74) is 0.591. The van der Waals surface area contributed by atoms with Crippen LogP contribution in [0.1, 0.15) is 32.0 Å². The van der Waals surface area contributed by atoms with E-state index >= 15 is 0 Å². The first-order valence-electron chi connectivity index (χ1n) is 8.91. The van der Waals surface area contributed by atoms with Gasteiger partial charge in [0, 0.05) is 12.2 Å². The maximum Gasteiger partial charge on any atom is 0.418 e. The zero-order chi connectivity index (χ0) is 21.5. The Balaban J connectivity index is 1.63. The molecule has 7 nitrogen and oxygen atoms in total. The number of ether oxygens (including phenoxy) is 1. The molecular weight excluding hydrogens is 401 g/mol. The number of carbonyl (C=O) groups excluding carboxylic acids is 2. The lowest BCUT2D eigenvalue weighted by Crippen LogP contribution is -2.29. The average Bonchev–Trinajstić information content (AvgIpc) is 3.39. The van der Waals surface area contributed by atoms with Gasteiger partial charge < -0.3 is 9.64 Å². The molecule has 0 spiro atoms. The van der Waals surface area contributed by atoms with E-state index < -0.39 is 23.6 Å². The molecule has 2 heterocycles. The average molecular weight is 416 g/mol. The van der Waals surface area contributed by atoms with Crippen LogP contribution >= 0.6 is 0 Å². The van der Waals surface area contributed by atoms with Crippen molar-refractivity contribution in [1.29, 1.82) is 0 Å². The van der Waals surface area contributed by atoms with Gasteiger partial charge in [-0.25, -0.2) is 9.48 Å². The molecule has 0 aliphatic carbocycles. The first kappa shape index (κ1) is 19.6. The second kappa shape index (κ2) is 7.29. The molecule has 1 aliphatic rings. The molecule has 0 fully saturated rings. The number of alkyl halides is 3. The summed E-state index contributed by atoms with van der Waals surface area (Å²) in [4.78, 5) is 26.0. The standard InChI is InChI=1S/C20H15F3N4O3/c1-30-19(29)13-6-7-16-12(10-13)8-9-26(16)18(28)15-11-27(25-24-15)17-5-3-2-4-14(17)20(21,22)23/h2-7,10-11H,8-9H2,1H3. The molecule has 0 saturated heterocycles. The Morgan fingerprint density at radius 3 is 2.60 bits per heavy atom. The van der Waals surface area contributed by atoms with Crippen LogP contribution in [0, 0.1) is 0 Å². The van der Waals surface area contributed by atoms with E-state index in [9.17, 15) is 22.8 Å². The van der Waals surface area contributed by atoms with E-state index in [0.29, 0.717) is 24.2 Å². The van der Waals surface area contributed by atoms with Crippen LogP contribution < -0.4 is 4.90 Å². The summed E-state index contributed by atoms with van der Waals surface area (Å²) in [5, 5.41) is 7.49. The zero-order valence-corrected chi connectivity index (χ0v) is 15.7. The van der Waals surface area contributed by atoms with E-state index in [-0.39, 0.29) is 11.4 Å². The van der Waals surface area contributed by atoms with Crippen LogP contribution in [0.3, 0.4) is 0 Å². The highest BCUT2D eigenvalue weighted by atomic mass is 19.4. The number of aromatic nitrogens is 3. The summed E-state index contributed by atoms with van der Waals surface area (Å²) >= 11 is 0. The number of para-hydroxylation sites is 1. The molecule has 4 rings (SSSR count). The fraction of sp³-hybridized carbons (Fsp3) is 0.200.